The van der Waals surface area contributed by atoms with Crippen LogP contribution in [0.15, 0.2) is 5.38 Å². The third-order valence-corrected chi connectivity index (χ3v) is 3.40. The lowest BCUT2D eigenvalue weighted by atomic mass is 10.1. The number of aromatic carboxylic acids is 1. The second kappa shape index (κ2) is 7.81. The summed E-state index contributed by atoms with van der Waals surface area (Å²) >= 11 is 1.09. The molecule has 1 amide bonds. The molecule has 0 saturated heterocycles. The van der Waals surface area contributed by atoms with Gasteiger partial charge in [-0.1, -0.05) is 0 Å². The molecular weight excluding hydrogens is 348 g/mol. The van der Waals surface area contributed by atoms with Gasteiger partial charge in [-0.3, -0.25) is 0 Å². The van der Waals surface area contributed by atoms with Crippen LogP contribution < -0.4 is 5.32 Å². The van der Waals surface area contributed by atoms with Crippen molar-refractivity contribution in [3.63, 3.8) is 0 Å². The summed E-state index contributed by atoms with van der Waals surface area (Å²) in [7, 11) is 0. The summed E-state index contributed by atoms with van der Waals surface area (Å²) in [5.74, 6) is -1.80. The Labute approximate surface area is 150 Å². The minimum absolute atomic E-state index is 0.00605. The van der Waals surface area contributed by atoms with Crippen LogP contribution in [0, 0.1) is 0 Å². The SMILES string of the molecule is CC(C)(C)OC(=O)NC(Cc1nc(C(=O)O)cs1)C(=O)OC(C)(C)C. The zero-order valence-electron chi connectivity index (χ0n) is 15.2. The summed E-state index contributed by atoms with van der Waals surface area (Å²) in [5, 5.41) is 13.2. The van der Waals surface area contributed by atoms with Crippen LogP contribution in [0.25, 0.3) is 0 Å². The van der Waals surface area contributed by atoms with Crippen LogP contribution in [0.5, 0.6) is 0 Å². The lowest BCUT2D eigenvalue weighted by Gasteiger charge is -2.25. The Morgan fingerprint density at radius 1 is 1.16 bits per heavy atom. The van der Waals surface area contributed by atoms with Crippen molar-refractivity contribution in [2.75, 3.05) is 0 Å². The van der Waals surface area contributed by atoms with Crippen molar-refractivity contribution in [1.29, 1.82) is 0 Å². The molecule has 2 N–H and O–H groups in total. The van der Waals surface area contributed by atoms with Crippen molar-refractivity contribution in [1.82, 2.24) is 10.3 Å². The number of nitrogens with zero attached hydrogens (tertiary/aromatic N) is 1. The topological polar surface area (TPSA) is 115 Å². The maximum absolute atomic E-state index is 12.4. The second-order valence-corrected chi connectivity index (χ2v) is 8.31. The van der Waals surface area contributed by atoms with Gasteiger partial charge in [0, 0.05) is 11.8 Å². The van der Waals surface area contributed by atoms with Gasteiger partial charge in [-0.15, -0.1) is 11.3 Å². The van der Waals surface area contributed by atoms with Crippen LogP contribution in [0.1, 0.15) is 57.0 Å². The Bertz CT molecular complexity index is 642. The fourth-order valence-electron chi connectivity index (χ4n) is 1.69. The van der Waals surface area contributed by atoms with Crippen LogP contribution in [0.3, 0.4) is 0 Å². The smallest absolute Gasteiger partial charge is 0.408 e. The van der Waals surface area contributed by atoms with Gasteiger partial charge in [0.05, 0.1) is 5.01 Å². The summed E-state index contributed by atoms with van der Waals surface area (Å²) in [6.45, 7) is 10.2. The molecule has 0 radical (unpaired) electrons. The van der Waals surface area contributed by atoms with Crippen LogP contribution in [-0.2, 0) is 20.7 Å². The standard InChI is InChI=1S/C16H24N2O6S/c1-15(2,3)23-13(21)9(18-14(22)24-16(4,5)6)7-11-17-10(8-25-11)12(19)20/h8-9H,7H2,1-6H3,(H,18,22)(H,19,20). The molecule has 140 valence electrons. The van der Waals surface area contributed by atoms with Gasteiger partial charge in [0.15, 0.2) is 5.69 Å². The first kappa shape index (κ1) is 20.9. The maximum atomic E-state index is 12.4. The average molecular weight is 372 g/mol. The minimum Gasteiger partial charge on any atom is -0.476 e. The number of rotatable bonds is 5. The van der Waals surface area contributed by atoms with Crippen LogP contribution in [-0.4, -0.2) is 45.4 Å². The number of aromatic nitrogens is 1. The number of carbonyl (C=O) groups is 3. The van der Waals surface area contributed by atoms with E-state index in [-0.39, 0.29) is 12.1 Å². The van der Waals surface area contributed by atoms with Gasteiger partial charge in [0.2, 0.25) is 0 Å². The van der Waals surface area contributed by atoms with Crippen LogP contribution >= 0.6 is 11.3 Å². The molecule has 1 unspecified atom stereocenters. The van der Waals surface area contributed by atoms with E-state index < -0.39 is 35.3 Å². The van der Waals surface area contributed by atoms with Crippen LogP contribution in [0.4, 0.5) is 4.79 Å². The number of carboxylic acid groups (broad SMARTS) is 1. The van der Waals surface area contributed by atoms with E-state index >= 15 is 0 Å². The molecule has 25 heavy (non-hydrogen) atoms. The summed E-state index contributed by atoms with van der Waals surface area (Å²) in [4.78, 5) is 39.2. The lowest BCUT2D eigenvalue weighted by Crippen LogP contribution is -2.47. The number of carbonyl (C=O) groups excluding carboxylic acids is 2. The number of hydrogen-bond acceptors (Lipinski definition) is 7. The molecule has 1 aromatic rings. The van der Waals surface area contributed by atoms with Gasteiger partial charge in [0.25, 0.3) is 0 Å². The van der Waals surface area contributed by atoms with Crippen molar-refractivity contribution in [2.45, 2.75) is 65.2 Å². The molecule has 0 spiro atoms. The average Bonchev–Trinajstić information content (AvgIpc) is 2.82. The highest BCUT2D eigenvalue weighted by molar-refractivity contribution is 7.09. The highest BCUT2D eigenvalue weighted by Crippen LogP contribution is 2.16. The largest absolute Gasteiger partial charge is 0.476 e. The molecule has 1 heterocycles. The summed E-state index contributed by atoms with van der Waals surface area (Å²) in [5.41, 5.74) is -1.57. The number of nitrogens with one attached hydrogen (secondary N) is 1. The fourth-order valence-corrected chi connectivity index (χ4v) is 2.51. The van der Waals surface area contributed by atoms with E-state index in [0.717, 1.165) is 11.3 Å². The molecule has 1 aromatic heterocycles. The zero-order chi connectivity index (χ0) is 19.4. The van der Waals surface area contributed by atoms with Gasteiger partial charge in [-0.25, -0.2) is 19.4 Å². The predicted octanol–water partition coefficient (Wildman–Crippen LogP) is 2.62. The Hall–Kier alpha value is -2.16. The van der Waals surface area contributed by atoms with E-state index in [1.165, 1.54) is 5.38 Å². The van der Waals surface area contributed by atoms with Crippen molar-refractivity contribution < 1.29 is 29.0 Å². The number of alkyl carbamates (subject to hydrolysis) is 1. The first-order chi connectivity index (χ1) is 11.3. The van der Waals surface area contributed by atoms with Crippen LogP contribution in [0.2, 0.25) is 0 Å². The molecule has 1 atom stereocenters. The number of ether oxygens (including phenoxy) is 2. The Balaban J connectivity index is 2.91. The molecule has 0 aliphatic rings. The second-order valence-electron chi connectivity index (χ2n) is 7.37. The van der Waals surface area contributed by atoms with Crippen molar-refractivity contribution >= 4 is 29.4 Å². The van der Waals surface area contributed by atoms with E-state index in [0.29, 0.717) is 5.01 Å². The number of esters is 1. The fraction of sp³-hybridized carbons (Fsp3) is 0.625. The first-order valence-electron chi connectivity index (χ1n) is 7.67. The monoisotopic (exact) mass is 372 g/mol. The first-order valence-corrected chi connectivity index (χ1v) is 8.55. The molecule has 0 aromatic carbocycles. The van der Waals surface area contributed by atoms with E-state index in [2.05, 4.69) is 10.3 Å². The third-order valence-electron chi connectivity index (χ3n) is 2.53. The quantitative estimate of drug-likeness (QED) is 0.763. The Morgan fingerprint density at radius 3 is 2.16 bits per heavy atom. The van der Waals surface area contributed by atoms with E-state index in [9.17, 15) is 14.4 Å². The Kier molecular flexibility index (Phi) is 6.53. The predicted molar refractivity (Wildman–Crippen MR) is 91.8 cm³/mol. The highest BCUT2D eigenvalue weighted by atomic mass is 32.1. The number of thiazole rings is 1. The van der Waals surface area contributed by atoms with E-state index in [1.54, 1.807) is 41.5 Å². The van der Waals surface area contributed by atoms with Gasteiger partial charge in [-0.05, 0) is 41.5 Å². The van der Waals surface area contributed by atoms with E-state index in [4.69, 9.17) is 14.6 Å². The molecule has 0 aliphatic heterocycles. The zero-order valence-corrected chi connectivity index (χ0v) is 16.0. The minimum atomic E-state index is -1.16. The number of amides is 1. The van der Waals surface area contributed by atoms with E-state index in [1.807, 2.05) is 0 Å². The number of hydrogen-bond donors (Lipinski definition) is 2. The van der Waals surface area contributed by atoms with Gasteiger partial charge >= 0.3 is 18.0 Å². The molecule has 0 aliphatic carbocycles. The van der Waals surface area contributed by atoms with Gasteiger partial charge in [-0.2, -0.15) is 0 Å². The lowest BCUT2D eigenvalue weighted by molar-refractivity contribution is -0.157. The van der Waals surface area contributed by atoms with Crippen molar-refractivity contribution in [2.24, 2.45) is 0 Å². The summed E-state index contributed by atoms with van der Waals surface area (Å²) < 4.78 is 10.5. The van der Waals surface area contributed by atoms with Gasteiger partial charge < -0.3 is 19.9 Å². The molecule has 0 fully saturated rings. The normalized spacial score (nSPS) is 13.0. The highest BCUT2D eigenvalue weighted by Gasteiger charge is 2.30. The Morgan fingerprint density at radius 2 is 1.72 bits per heavy atom. The molecule has 0 saturated carbocycles. The molecule has 0 bridgehead atoms. The maximum Gasteiger partial charge on any atom is 0.408 e. The summed E-state index contributed by atoms with van der Waals surface area (Å²) in [6.07, 6.45) is -0.759. The summed E-state index contributed by atoms with van der Waals surface area (Å²) in [6, 6.07) is -1.04. The molecule has 1 rings (SSSR count). The van der Waals surface area contributed by atoms with Crippen molar-refractivity contribution in [3.05, 3.63) is 16.1 Å². The van der Waals surface area contributed by atoms with Crippen molar-refractivity contribution in [3.8, 4) is 0 Å². The molecular formula is C16H24N2O6S. The molecule has 9 heteroatoms. The number of carboxylic acids is 1. The molecule has 8 nitrogen and oxygen atoms in total. The van der Waals surface area contributed by atoms with Gasteiger partial charge in [0.1, 0.15) is 17.2 Å². The third kappa shape index (κ3) is 7.97.